The number of rotatable bonds is 1. The minimum Gasteiger partial charge on any atom is -0.334 e. The summed E-state index contributed by atoms with van der Waals surface area (Å²) in [6.45, 7) is 3.16. The minimum absolute atomic E-state index is 0.248. The molecule has 0 N–H and O–H groups in total. The number of likely N-dealkylation sites (tertiary alicyclic amines) is 1. The van der Waals surface area contributed by atoms with Crippen LogP contribution >= 0.6 is 0 Å². The number of carbonyl (C=O) groups is 1. The van der Waals surface area contributed by atoms with Gasteiger partial charge in [0, 0.05) is 13.0 Å². The van der Waals surface area contributed by atoms with Crippen molar-refractivity contribution >= 4 is 5.91 Å². The summed E-state index contributed by atoms with van der Waals surface area (Å²) in [5, 5.41) is 0. The summed E-state index contributed by atoms with van der Waals surface area (Å²) in [6.07, 6.45) is -3.44. The number of hydrogen-bond donors (Lipinski definition) is 0. The van der Waals surface area contributed by atoms with Crippen LogP contribution in [0.1, 0.15) is 26.7 Å². The van der Waals surface area contributed by atoms with Gasteiger partial charge in [-0.15, -0.1) is 0 Å². The predicted octanol–water partition coefficient (Wildman–Crippen LogP) is 2.20. The molecule has 0 aliphatic carbocycles. The van der Waals surface area contributed by atoms with Gasteiger partial charge in [-0.25, -0.2) is 0 Å². The molecule has 0 radical (unpaired) electrons. The Labute approximate surface area is 75.7 Å². The number of nitrogens with zero attached hydrogens (tertiary/aromatic N) is 1. The molecule has 1 saturated heterocycles. The molecule has 13 heavy (non-hydrogen) atoms. The zero-order chi connectivity index (χ0) is 10.5. The van der Waals surface area contributed by atoms with Crippen molar-refractivity contribution in [1.29, 1.82) is 0 Å². The summed E-state index contributed by atoms with van der Waals surface area (Å²) < 4.78 is 35.1. The third-order valence-corrected chi connectivity index (χ3v) is 1.54. The third-order valence-electron chi connectivity index (χ3n) is 1.54. The third kappa shape index (κ3) is 4.75. The van der Waals surface area contributed by atoms with Crippen LogP contribution < -0.4 is 0 Å². The van der Waals surface area contributed by atoms with Gasteiger partial charge in [-0.3, -0.25) is 4.79 Å². The van der Waals surface area contributed by atoms with E-state index in [1.807, 2.05) is 13.8 Å². The van der Waals surface area contributed by atoms with E-state index < -0.39 is 12.7 Å². The van der Waals surface area contributed by atoms with Crippen LogP contribution in [0.15, 0.2) is 0 Å². The quantitative estimate of drug-likeness (QED) is 0.631. The Bertz CT molecular complexity index is 167. The molecule has 0 aromatic carbocycles. The second-order valence-electron chi connectivity index (χ2n) is 2.53. The molecular weight excluding hydrogens is 183 g/mol. The Morgan fingerprint density at radius 1 is 1.38 bits per heavy atom. The van der Waals surface area contributed by atoms with Crippen molar-refractivity contribution in [3.63, 3.8) is 0 Å². The lowest BCUT2D eigenvalue weighted by molar-refractivity contribution is -0.157. The summed E-state index contributed by atoms with van der Waals surface area (Å²) in [5.41, 5.74) is 0. The molecule has 1 aliphatic rings. The second-order valence-corrected chi connectivity index (χ2v) is 2.53. The first-order valence-electron chi connectivity index (χ1n) is 4.33. The smallest absolute Gasteiger partial charge is 0.334 e. The van der Waals surface area contributed by atoms with Crippen molar-refractivity contribution < 1.29 is 18.0 Å². The van der Waals surface area contributed by atoms with Crippen molar-refractivity contribution in [2.45, 2.75) is 32.9 Å². The highest BCUT2D eigenvalue weighted by molar-refractivity contribution is 5.78. The molecule has 1 fully saturated rings. The fourth-order valence-corrected chi connectivity index (χ4v) is 1.09. The van der Waals surface area contributed by atoms with Crippen LogP contribution in [0.2, 0.25) is 0 Å². The van der Waals surface area contributed by atoms with Crippen molar-refractivity contribution in [1.82, 2.24) is 4.90 Å². The van der Waals surface area contributed by atoms with E-state index in [9.17, 15) is 18.0 Å². The van der Waals surface area contributed by atoms with E-state index in [2.05, 4.69) is 0 Å². The van der Waals surface area contributed by atoms with Gasteiger partial charge in [0.15, 0.2) is 0 Å². The molecule has 1 aliphatic heterocycles. The van der Waals surface area contributed by atoms with Crippen molar-refractivity contribution in [2.75, 3.05) is 13.1 Å². The summed E-state index contributed by atoms with van der Waals surface area (Å²) >= 11 is 0. The lowest BCUT2D eigenvalue weighted by Gasteiger charge is -2.16. The normalized spacial score (nSPS) is 17.0. The molecule has 1 rings (SSSR count). The molecule has 0 saturated carbocycles. The number of carbonyl (C=O) groups excluding carboxylic acids is 1. The second kappa shape index (κ2) is 5.09. The molecule has 2 nitrogen and oxygen atoms in total. The molecule has 1 heterocycles. The first-order chi connectivity index (χ1) is 5.99. The average Bonchev–Trinajstić information content (AvgIpc) is 2.38. The first kappa shape index (κ1) is 12.3. The van der Waals surface area contributed by atoms with Crippen LogP contribution in [0.25, 0.3) is 0 Å². The summed E-state index contributed by atoms with van der Waals surface area (Å²) in [6, 6.07) is 0. The maximum atomic E-state index is 11.7. The maximum Gasteiger partial charge on any atom is 0.406 e. The van der Waals surface area contributed by atoms with Crippen LogP contribution in [0.5, 0.6) is 0 Å². The van der Waals surface area contributed by atoms with Crippen LogP contribution in [0, 0.1) is 0 Å². The lowest BCUT2D eigenvalue weighted by Crippen LogP contribution is -2.34. The maximum absolute atomic E-state index is 11.7. The van der Waals surface area contributed by atoms with Crippen LogP contribution in [0.3, 0.4) is 0 Å². The van der Waals surface area contributed by atoms with Gasteiger partial charge >= 0.3 is 6.18 Å². The van der Waals surface area contributed by atoms with Crippen LogP contribution in [-0.2, 0) is 4.79 Å². The zero-order valence-electron chi connectivity index (χ0n) is 7.82. The Morgan fingerprint density at radius 2 is 1.92 bits per heavy atom. The lowest BCUT2D eigenvalue weighted by atomic mass is 10.4. The van der Waals surface area contributed by atoms with Gasteiger partial charge in [-0.2, -0.15) is 13.2 Å². The Hall–Kier alpha value is -0.740. The summed E-state index contributed by atoms with van der Waals surface area (Å²) in [7, 11) is 0. The van der Waals surface area contributed by atoms with Gasteiger partial charge in [0.2, 0.25) is 5.91 Å². The molecule has 0 spiro atoms. The molecule has 0 aromatic rings. The fourth-order valence-electron chi connectivity index (χ4n) is 1.09. The molecular formula is C8H14F3NO. The Morgan fingerprint density at radius 3 is 2.23 bits per heavy atom. The number of alkyl halides is 3. The van der Waals surface area contributed by atoms with E-state index >= 15 is 0 Å². The van der Waals surface area contributed by atoms with E-state index in [1.165, 1.54) is 0 Å². The van der Waals surface area contributed by atoms with Crippen LogP contribution in [-0.4, -0.2) is 30.1 Å². The summed E-state index contributed by atoms with van der Waals surface area (Å²) in [4.78, 5) is 11.5. The van der Waals surface area contributed by atoms with Crippen molar-refractivity contribution in [2.24, 2.45) is 0 Å². The molecule has 1 amide bonds. The molecule has 0 aromatic heterocycles. The zero-order valence-corrected chi connectivity index (χ0v) is 7.82. The molecule has 0 bridgehead atoms. The average molecular weight is 197 g/mol. The predicted molar refractivity (Wildman–Crippen MR) is 43.2 cm³/mol. The molecule has 78 valence electrons. The molecule has 0 atom stereocenters. The standard InChI is InChI=1S/C6H8F3NO.C2H6/c7-6(8,9)4-10-3-1-2-5(10)11;1-2/h1-4H2;1-2H3. The molecule has 5 heteroatoms. The van der Waals surface area contributed by atoms with Gasteiger partial charge in [0.05, 0.1) is 0 Å². The van der Waals surface area contributed by atoms with Gasteiger partial charge in [0.1, 0.15) is 6.54 Å². The Balaban J connectivity index is 0.000000671. The topological polar surface area (TPSA) is 20.3 Å². The van der Waals surface area contributed by atoms with Gasteiger partial charge in [0.25, 0.3) is 0 Å². The highest BCUT2D eigenvalue weighted by atomic mass is 19.4. The number of amides is 1. The van der Waals surface area contributed by atoms with E-state index in [0.717, 1.165) is 4.90 Å². The Kier molecular flexibility index (Phi) is 4.80. The fraction of sp³-hybridized carbons (Fsp3) is 0.875. The largest absolute Gasteiger partial charge is 0.406 e. The van der Waals surface area contributed by atoms with E-state index in [4.69, 9.17) is 0 Å². The van der Waals surface area contributed by atoms with E-state index in [-0.39, 0.29) is 18.9 Å². The number of halogens is 3. The van der Waals surface area contributed by atoms with Gasteiger partial charge in [-0.05, 0) is 6.42 Å². The van der Waals surface area contributed by atoms with E-state index in [0.29, 0.717) is 6.42 Å². The van der Waals surface area contributed by atoms with Crippen molar-refractivity contribution in [3.05, 3.63) is 0 Å². The van der Waals surface area contributed by atoms with E-state index in [1.54, 1.807) is 0 Å². The van der Waals surface area contributed by atoms with Crippen molar-refractivity contribution in [3.8, 4) is 0 Å². The van der Waals surface area contributed by atoms with Gasteiger partial charge in [-0.1, -0.05) is 13.8 Å². The molecule has 0 unspecified atom stereocenters. The first-order valence-corrected chi connectivity index (χ1v) is 4.33. The highest BCUT2D eigenvalue weighted by Crippen LogP contribution is 2.20. The number of hydrogen-bond acceptors (Lipinski definition) is 1. The monoisotopic (exact) mass is 197 g/mol. The SMILES string of the molecule is CC.O=C1CCCN1CC(F)(F)F. The minimum atomic E-state index is -4.25. The van der Waals surface area contributed by atoms with Gasteiger partial charge < -0.3 is 4.90 Å². The highest BCUT2D eigenvalue weighted by Gasteiger charge is 2.34. The summed E-state index contributed by atoms with van der Waals surface area (Å²) in [5.74, 6) is -0.387. The van der Waals surface area contributed by atoms with Crippen LogP contribution in [0.4, 0.5) is 13.2 Å².